The van der Waals surface area contributed by atoms with E-state index in [-0.39, 0.29) is 5.91 Å². The number of carbonyl (C=O) groups is 1. The molecule has 0 unspecified atom stereocenters. The van der Waals surface area contributed by atoms with Gasteiger partial charge in [0.2, 0.25) is 0 Å². The first-order valence-corrected chi connectivity index (χ1v) is 6.39. The van der Waals surface area contributed by atoms with Gasteiger partial charge in [-0.3, -0.25) is 4.79 Å². The summed E-state index contributed by atoms with van der Waals surface area (Å²) in [5.41, 5.74) is 2.51. The number of benzene rings is 1. The molecule has 0 spiro atoms. The lowest BCUT2D eigenvalue weighted by atomic mass is 10.1. The fraction of sp³-hybridized carbons (Fsp3) is 0.200. The van der Waals surface area contributed by atoms with Gasteiger partial charge in [-0.1, -0.05) is 23.4 Å². The van der Waals surface area contributed by atoms with Crippen molar-refractivity contribution in [2.24, 2.45) is 7.05 Å². The Hall–Kier alpha value is -2.56. The Bertz CT molecular complexity index is 770. The molecular weight excluding hydrogens is 254 g/mol. The van der Waals surface area contributed by atoms with Gasteiger partial charge in [0, 0.05) is 30.2 Å². The van der Waals surface area contributed by atoms with Gasteiger partial charge in [0.1, 0.15) is 0 Å². The number of carbonyl (C=O) groups excluding carboxylic acids is 1. The van der Waals surface area contributed by atoms with E-state index in [0.717, 1.165) is 16.6 Å². The van der Waals surface area contributed by atoms with E-state index in [1.165, 1.54) is 0 Å². The molecule has 3 aromatic rings. The monoisotopic (exact) mass is 269 g/mol. The maximum Gasteiger partial charge on any atom is 0.253 e. The summed E-state index contributed by atoms with van der Waals surface area (Å²) in [5.74, 6) is 0.534. The lowest BCUT2D eigenvalue weighted by molar-refractivity contribution is 0.0948. The molecule has 0 bridgehead atoms. The zero-order valence-electron chi connectivity index (χ0n) is 11.4. The molecule has 5 heteroatoms. The van der Waals surface area contributed by atoms with E-state index < -0.39 is 0 Å². The average molecular weight is 269 g/mol. The number of rotatable bonds is 3. The van der Waals surface area contributed by atoms with Gasteiger partial charge in [0.15, 0.2) is 5.76 Å². The van der Waals surface area contributed by atoms with Gasteiger partial charge >= 0.3 is 0 Å². The molecule has 0 atom stereocenters. The van der Waals surface area contributed by atoms with Crippen molar-refractivity contribution in [3.63, 3.8) is 0 Å². The Labute approximate surface area is 116 Å². The van der Waals surface area contributed by atoms with Gasteiger partial charge < -0.3 is 14.4 Å². The Kier molecular flexibility index (Phi) is 3.02. The summed E-state index contributed by atoms with van der Waals surface area (Å²) >= 11 is 0. The summed E-state index contributed by atoms with van der Waals surface area (Å²) in [6.07, 6.45) is 1.84. The van der Waals surface area contributed by atoms with Crippen LogP contribution in [0.4, 0.5) is 0 Å². The molecule has 102 valence electrons. The zero-order valence-corrected chi connectivity index (χ0v) is 11.4. The van der Waals surface area contributed by atoms with Crippen molar-refractivity contribution in [3.8, 4) is 0 Å². The molecule has 2 aromatic heterocycles. The summed E-state index contributed by atoms with van der Waals surface area (Å²) in [5, 5.41) is 7.58. The largest absolute Gasteiger partial charge is 0.359 e. The van der Waals surface area contributed by atoms with Crippen molar-refractivity contribution in [1.29, 1.82) is 0 Å². The topological polar surface area (TPSA) is 60.1 Å². The van der Waals surface area contributed by atoms with Crippen LogP contribution in [0.5, 0.6) is 0 Å². The van der Waals surface area contributed by atoms with Gasteiger partial charge in [0.05, 0.1) is 17.8 Å². The van der Waals surface area contributed by atoms with Crippen LogP contribution in [0.1, 0.15) is 21.8 Å². The number of hydrogen-bond acceptors (Lipinski definition) is 3. The highest BCUT2D eigenvalue weighted by molar-refractivity contribution is 6.06. The van der Waals surface area contributed by atoms with Crippen LogP contribution in [0.3, 0.4) is 0 Å². The van der Waals surface area contributed by atoms with Crippen LogP contribution in [-0.2, 0) is 13.6 Å². The summed E-state index contributed by atoms with van der Waals surface area (Å²) in [7, 11) is 1.93. The number of nitrogens with one attached hydrogen (secondary N) is 1. The maximum atomic E-state index is 12.3. The quantitative estimate of drug-likeness (QED) is 0.794. The standard InChI is InChI=1S/C15H15N3O2/c1-10-7-11(20-17-10)8-16-15(19)13-9-18(2)14-6-4-3-5-12(13)14/h3-7,9H,8H2,1-2H3,(H,16,19). The van der Waals surface area contributed by atoms with E-state index >= 15 is 0 Å². The van der Waals surface area contributed by atoms with Gasteiger partial charge in [-0.25, -0.2) is 0 Å². The van der Waals surface area contributed by atoms with Crippen LogP contribution in [0, 0.1) is 6.92 Å². The lowest BCUT2D eigenvalue weighted by Crippen LogP contribution is -2.22. The third-order valence-electron chi connectivity index (χ3n) is 3.24. The summed E-state index contributed by atoms with van der Waals surface area (Å²) in [4.78, 5) is 12.3. The first-order valence-electron chi connectivity index (χ1n) is 6.39. The molecule has 0 saturated heterocycles. The predicted molar refractivity (Wildman–Crippen MR) is 75.3 cm³/mol. The van der Waals surface area contributed by atoms with Gasteiger partial charge in [-0.05, 0) is 13.0 Å². The van der Waals surface area contributed by atoms with Crippen molar-refractivity contribution >= 4 is 16.8 Å². The number of hydrogen-bond donors (Lipinski definition) is 1. The van der Waals surface area contributed by atoms with Crippen LogP contribution in [0.2, 0.25) is 0 Å². The minimum atomic E-state index is -0.115. The minimum absolute atomic E-state index is 0.115. The highest BCUT2D eigenvalue weighted by Crippen LogP contribution is 2.20. The first kappa shape index (κ1) is 12.5. The molecule has 3 rings (SSSR count). The van der Waals surface area contributed by atoms with Crippen LogP contribution < -0.4 is 5.32 Å². The highest BCUT2D eigenvalue weighted by atomic mass is 16.5. The maximum absolute atomic E-state index is 12.3. The third kappa shape index (κ3) is 2.18. The van der Waals surface area contributed by atoms with Gasteiger partial charge in [-0.2, -0.15) is 0 Å². The third-order valence-corrected chi connectivity index (χ3v) is 3.24. The zero-order chi connectivity index (χ0) is 14.1. The second-order valence-corrected chi connectivity index (χ2v) is 4.79. The smallest absolute Gasteiger partial charge is 0.253 e. The van der Waals surface area contributed by atoms with Gasteiger partial charge in [-0.15, -0.1) is 0 Å². The van der Waals surface area contributed by atoms with Crippen molar-refractivity contribution in [2.45, 2.75) is 13.5 Å². The molecule has 2 heterocycles. The van der Waals surface area contributed by atoms with Crippen LogP contribution >= 0.6 is 0 Å². The molecule has 1 aromatic carbocycles. The minimum Gasteiger partial charge on any atom is -0.359 e. The van der Waals surface area contributed by atoms with E-state index in [0.29, 0.717) is 17.9 Å². The van der Waals surface area contributed by atoms with Gasteiger partial charge in [0.25, 0.3) is 5.91 Å². The molecule has 0 aliphatic heterocycles. The summed E-state index contributed by atoms with van der Waals surface area (Å²) in [6, 6.07) is 9.64. The molecule has 0 aliphatic carbocycles. The Morgan fingerprint density at radius 1 is 1.40 bits per heavy atom. The van der Waals surface area contributed by atoms with E-state index in [9.17, 15) is 4.79 Å². The summed E-state index contributed by atoms with van der Waals surface area (Å²) < 4.78 is 7.02. The van der Waals surface area contributed by atoms with E-state index in [1.54, 1.807) is 0 Å². The van der Waals surface area contributed by atoms with Crippen molar-refractivity contribution in [3.05, 3.63) is 53.5 Å². The lowest BCUT2D eigenvalue weighted by Gasteiger charge is -2.01. The molecular formula is C15H15N3O2. The molecule has 1 N–H and O–H groups in total. The molecule has 0 radical (unpaired) electrons. The second-order valence-electron chi connectivity index (χ2n) is 4.79. The number of aromatic nitrogens is 2. The fourth-order valence-electron chi connectivity index (χ4n) is 2.28. The second kappa shape index (κ2) is 4.85. The Morgan fingerprint density at radius 3 is 2.95 bits per heavy atom. The Balaban J connectivity index is 1.82. The predicted octanol–water partition coefficient (Wildman–Crippen LogP) is 2.40. The molecule has 1 amide bonds. The van der Waals surface area contributed by atoms with Crippen LogP contribution in [-0.4, -0.2) is 15.6 Å². The molecule has 5 nitrogen and oxygen atoms in total. The molecule has 20 heavy (non-hydrogen) atoms. The SMILES string of the molecule is Cc1cc(CNC(=O)c2cn(C)c3ccccc23)on1. The van der Waals surface area contributed by atoms with Crippen molar-refractivity contribution in [2.75, 3.05) is 0 Å². The summed E-state index contributed by atoms with van der Waals surface area (Å²) in [6.45, 7) is 2.18. The van der Waals surface area contributed by atoms with E-state index in [2.05, 4.69) is 10.5 Å². The van der Waals surface area contributed by atoms with Crippen molar-refractivity contribution < 1.29 is 9.32 Å². The van der Waals surface area contributed by atoms with Crippen molar-refractivity contribution in [1.82, 2.24) is 15.0 Å². The van der Waals surface area contributed by atoms with Crippen LogP contribution in [0.15, 0.2) is 41.1 Å². The van der Waals surface area contributed by atoms with E-state index in [4.69, 9.17) is 4.52 Å². The molecule has 0 fully saturated rings. The van der Waals surface area contributed by atoms with E-state index in [1.807, 2.05) is 55.1 Å². The fourth-order valence-corrected chi connectivity index (χ4v) is 2.28. The van der Waals surface area contributed by atoms with Crippen LogP contribution in [0.25, 0.3) is 10.9 Å². The number of fused-ring (bicyclic) bond motifs is 1. The molecule has 0 aliphatic rings. The Morgan fingerprint density at radius 2 is 2.20 bits per heavy atom. The molecule has 0 saturated carbocycles. The number of para-hydroxylation sites is 1. The number of amides is 1. The number of aryl methyl sites for hydroxylation is 2. The first-order chi connectivity index (χ1) is 9.65. The highest BCUT2D eigenvalue weighted by Gasteiger charge is 2.13. The average Bonchev–Trinajstić information content (AvgIpc) is 3.01. The number of nitrogens with zero attached hydrogens (tertiary/aromatic N) is 2. The normalized spacial score (nSPS) is 10.9.